The highest BCUT2D eigenvalue weighted by Crippen LogP contribution is 2.42. The summed E-state index contributed by atoms with van der Waals surface area (Å²) in [5, 5.41) is 12.2. The van der Waals surface area contributed by atoms with E-state index in [1.807, 2.05) is 0 Å². The number of alkyl halides is 3. The fourth-order valence-electron chi connectivity index (χ4n) is 3.65. The first-order valence-corrected chi connectivity index (χ1v) is 10.5. The molecule has 4 atom stereocenters. The maximum absolute atomic E-state index is 13.6. The van der Waals surface area contributed by atoms with Crippen LogP contribution in [0.2, 0.25) is 5.02 Å². The third-order valence-corrected chi connectivity index (χ3v) is 6.15. The molecule has 4 nitrogen and oxygen atoms in total. The Morgan fingerprint density at radius 3 is 2.45 bits per heavy atom. The molecule has 0 radical (unpaired) electrons. The molecular formula is C22H24Cl2F3NO3. The SMILES string of the molecule is CC1=CC(Cl)=CCC1[C@@H](C(=O)Nc1cc(C[C@H](C)C(=O)O)ccc1Cl)[C@@H](C)C(F)(F)F. The fourth-order valence-corrected chi connectivity index (χ4v) is 4.08. The lowest BCUT2D eigenvalue weighted by molar-refractivity contribution is -0.189. The van der Waals surface area contributed by atoms with Crippen molar-refractivity contribution in [3.63, 3.8) is 0 Å². The van der Waals surface area contributed by atoms with Crippen LogP contribution in [0.1, 0.15) is 32.8 Å². The predicted molar refractivity (Wildman–Crippen MR) is 115 cm³/mol. The number of carbonyl (C=O) groups excluding carboxylic acids is 1. The highest BCUT2D eigenvalue weighted by Gasteiger charge is 2.47. The number of nitrogens with one attached hydrogen (secondary N) is 1. The quantitative estimate of drug-likeness (QED) is 0.474. The summed E-state index contributed by atoms with van der Waals surface area (Å²) in [5.74, 6) is -6.43. The van der Waals surface area contributed by atoms with E-state index in [1.165, 1.54) is 19.1 Å². The van der Waals surface area contributed by atoms with Crippen LogP contribution >= 0.6 is 23.2 Å². The molecule has 170 valence electrons. The van der Waals surface area contributed by atoms with Crippen LogP contribution in [0.15, 0.2) is 41.0 Å². The Balaban J connectivity index is 2.34. The van der Waals surface area contributed by atoms with Crippen LogP contribution in [0.3, 0.4) is 0 Å². The van der Waals surface area contributed by atoms with Crippen molar-refractivity contribution in [1.29, 1.82) is 0 Å². The Bertz CT molecular complexity index is 912. The minimum atomic E-state index is -4.57. The van der Waals surface area contributed by atoms with Gasteiger partial charge in [-0.1, -0.05) is 54.8 Å². The predicted octanol–water partition coefficient (Wildman–Crippen LogP) is 6.45. The number of aliphatic carboxylic acids is 1. The highest BCUT2D eigenvalue weighted by atomic mass is 35.5. The van der Waals surface area contributed by atoms with Gasteiger partial charge in [-0.05, 0) is 49.5 Å². The Morgan fingerprint density at radius 2 is 1.90 bits per heavy atom. The summed E-state index contributed by atoms with van der Waals surface area (Å²) in [6.07, 6.45) is -1.01. The van der Waals surface area contributed by atoms with Crippen LogP contribution in [0.25, 0.3) is 0 Å². The van der Waals surface area contributed by atoms with Gasteiger partial charge in [-0.15, -0.1) is 0 Å². The Kier molecular flexibility index (Phi) is 8.22. The molecule has 1 aliphatic rings. The van der Waals surface area contributed by atoms with Crippen molar-refractivity contribution in [2.24, 2.45) is 23.7 Å². The first-order chi connectivity index (χ1) is 14.3. The standard InChI is InChI=1S/C22H24Cl2F3NO3/c1-11-9-15(23)5-6-16(11)19(13(3)22(25,26)27)20(29)28-18-10-14(4-7-17(18)24)8-12(2)21(30)31/h4-5,7,9-10,12-13,16,19H,6,8H2,1-3H3,(H,28,29)(H,30,31)/t12-,13+,16?,19-/m0/s1. The van der Waals surface area contributed by atoms with Crippen molar-refractivity contribution < 1.29 is 27.9 Å². The molecule has 1 unspecified atom stereocenters. The summed E-state index contributed by atoms with van der Waals surface area (Å²) in [5.41, 5.74) is 1.34. The molecule has 9 heteroatoms. The molecule has 0 saturated heterocycles. The third-order valence-electron chi connectivity index (χ3n) is 5.56. The number of anilines is 1. The molecule has 31 heavy (non-hydrogen) atoms. The number of allylic oxidation sites excluding steroid dienone is 4. The smallest absolute Gasteiger partial charge is 0.392 e. The molecule has 1 aromatic rings. The second kappa shape index (κ2) is 10.1. The van der Waals surface area contributed by atoms with Crippen LogP contribution in [-0.4, -0.2) is 23.2 Å². The van der Waals surface area contributed by atoms with E-state index in [0.29, 0.717) is 16.2 Å². The summed E-state index contributed by atoms with van der Waals surface area (Å²) >= 11 is 12.1. The van der Waals surface area contributed by atoms with E-state index >= 15 is 0 Å². The first kappa shape index (κ1) is 25.3. The number of hydrogen-bond donors (Lipinski definition) is 2. The van der Waals surface area contributed by atoms with E-state index in [-0.39, 0.29) is 23.6 Å². The van der Waals surface area contributed by atoms with Gasteiger partial charge in [0.2, 0.25) is 5.91 Å². The second-order valence-corrected chi connectivity index (χ2v) is 8.77. The molecule has 2 N–H and O–H groups in total. The number of carboxylic acid groups (broad SMARTS) is 1. The lowest BCUT2D eigenvalue weighted by Gasteiger charge is -2.33. The molecule has 0 aromatic heterocycles. The van der Waals surface area contributed by atoms with Gasteiger partial charge in [0, 0.05) is 5.03 Å². The molecular weight excluding hydrogens is 454 g/mol. The average molecular weight is 478 g/mol. The maximum Gasteiger partial charge on any atom is 0.392 e. The summed E-state index contributed by atoms with van der Waals surface area (Å²) < 4.78 is 40.8. The van der Waals surface area contributed by atoms with Gasteiger partial charge in [-0.2, -0.15) is 13.2 Å². The van der Waals surface area contributed by atoms with Crippen molar-refractivity contribution in [3.05, 3.63) is 51.5 Å². The van der Waals surface area contributed by atoms with Crippen molar-refractivity contribution in [1.82, 2.24) is 0 Å². The number of amides is 1. The van der Waals surface area contributed by atoms with Gasteiger partial charge in [-0.3, -0.25) is 9.59 Å². The minimum Gasteiger partial charge on any atom is -0.481 e. The van der Waals surface area contributed by atoms with E-state index in [9.17, 15) is 22.8 Å². The molecule has 0 aliphatic heterocycles. The number of benzene rings is 1. The van der Waals surface area contributed by atoms with Crippen molar-refractivity contribution in [2.45, 2.75) is 39.8 Å². The van der Waals surface area contributed by atoms with Crippen molar-refractivity contribution >= 4 is 40.8 Å². The number of rotatable bonds is 7. The molecule has 0 fully saturated rings. The largest absolute Gasteiger partial charge is 0.481 e. The van der Waals surface area contributed by atoms with Gasteiger partial charge in [-0.25, -0.2) is 0 Å². The van der Waals surface area contributed by atoms with Crippen molar-refractivity contribution in [2.75, 3.05) is 5.32 Å². The van der Waals surface area contributed by atoms with Crippen LogP contribution in [0.4, 0.5) is 18.9 Å². The fraction of sp³-hybridized carbons (Fsp3) is 0.455. The molecule has 2 rings (SSSR count). The lowest BCUT2D eigenvalue weighted by atomic mass is 9.74. The van der Waals surface area contributed by atoms with Gasteiger partial charge in [0.25, 0.3) is 0 Å². The number of carboxylic acids is 1. The zero-order chi connectivity index (χ0) is 23.5. The van der Waals surface area contributed by atoms with Crippen LogP contribution < -0.4 is 5.32 Å². The van der Waals surface area contributed by atoms with Crippen molar-refractivity contribution in [3.8, 4) is 0 Å². The number of carbonyl (C=O) groups is 2. The van der Waals surface area contributed by atoms with Gasteiger partial charge in [0.15, 0.2) is 0 Å². The monoisotopic (exact) mass is 477 g/mol. The molecule has 0 bridgehead atoms. The van der Waals surface area contributed by atoms with Gasteiger partial charge < -0.3 is 10.4 Å². The maximum atomic E-state index is 13.6. The second-order valence-electron chi connectivity index (χ2n) is 7.92. The molecule has 0 heterocycles. The van der Waals surface area contributed by atoms with Crippen LogP contribution in [0.5, 0.6) is 0 Å². The average Bonchev–Trinajstić information content (AvgIpc) is 2.65. The third kappa shape index (κ3) is 6.50. The van der Waals surface area contributed by atoms with Gasteiger partial charge >= 0.3 is 12.1 Å². The van der Waals surface area contributed by atoms with E-state index in [1.54, 1.807) is 25.1 Å². The van der Waals surface area contributed by atoms with Gasteiger partial charge in [0.05, 0.1) is 28.5 Å². The summed E-state index contributed by atoms with van der Waals surface area (Å²) in [6, 6.07) is 4.60. The molecule has 1 aliphatic carbocycles. The molecule has 1 aromatic carbocycles. The van der Waals surface area contributed by atoms with Crippen LogP contribution in [0, 0.1) is 23.7 Å². The summed E-state index contributed by atoms with van der Waals surface area (Å²) in [4.78, 5) is 24.2. The van der Waals surface area contributed by atoms with E-state index < -0.39 is 41.7 Å². The number of halogens is 5. The first-order valence-electron chi connectivity index (χ1n) is 9.74. The summed E-state index contributed by atoms with van der Waals surface area (Å²) in [6.45, 7) is 4.18. The topological polar surface area (TPSA) is 66.4 Å². The normalized spacial score (nSPS) is 19.7. The van der Waals surface area contributed by atoms with Crippen LogP contribution in [-0.2, 0) is 16.0 Å². The highest BCUT2D eigenvalue weighted by molar-refractivity contribution is 6.33. The zero-order valence-corrected chi connectivity index (χ0v) is 18.8. The Hall–Kier alpha value is -1.99. The van der Waals surface area contributed by atoms with E-state index in [4.69, 9.17) is 28.3 Å². The molecule has 0 spiro atoms. The Labute approximate surface area is 189 Å². The summed E-state index contributed by atoms with van der Waals surface area (Å²) in [7, 11) is 0. The zero-order valence-electron chi connectivity index (χ0n) is 17.3. The Morgan fingerprint density at radius 1 is 1.26 bits per heavy atom. The van der Waals surface area contributed by atoms with E-state index in [0.717, 1.165) is 6.92 Å². The minimum absolute atomic E-state index is 0.146. The van der Waals surface area contributed by atoms with Gasteiger partial charge in [0.1, 0.15) is 0 Å². The molecule has 1 amide bonds. The number of hydrogen-bond acceptors (Lipinski definition) is 2. The lowest BCUT2D eigenvalue weighted by Crippen LogP contribution is -2.41. The molecule has 0 saturated carbocycles. The van der Waals surface area contributed by atoms with E-state index in [2.05, 4.69) is 5.32 Å².